The van der Waals surface area contributed by atoms with Crippen molar-refractivity contribution in [2.75, 3.05) is 32.1 Å². The first-order valence-corrected chi connectivity index (χ1v) is 5.97. The van der Waals surface area contributed by atoms with E-state index in [0.29, 0.717) is 0 Å². The fourth-order valence-corrected chi connectivity index (χ4v) is 2.09. The molecule has 0 aliphatic carbocycles. The molecule has 0 bridgehead atoms. The lowest BCUT2D eigenvalue weighted by Crippen LogP contribution is -2.12. The molecule has 0 spiro atoms. The largest absolute Gasteiger partial charge is 0.497 e. The molecular formula is C13H20N2O. The van der Waals surface area contributed by atoms with Crippen LogP contribution in [-0.4, -0.2) is 26.7 Å². The first-order chi connectivity index (χ1) is 7.88. The van der Waals surface area contributed by atoms with Crippen LogP contribution in [0.5, 0.6) is 5.75 Å². The van der Waals surface area contributed by atoms with Gasteiger partial charge in [-0.3, -0.25) is 0 Å². The van der Waals surface area contributed by atoms with E-state index in [1.165, 1.54) is 31.6 Å². The van der Waals surface area contributed by atoms with Crippen LogP contribution in [0.1, 0.15) is 12.8 Å². The molecule has 1 heterocycles. The van der Waals surface area contributed by atoms with Crippen LogP contribution in [0.3, 0.4) is 0 Å². The summed E-state index contributed by atoms with van der Waals surface area (Å²) in [5.74, 6) is 1.76. The molecule has 1 aromatic rings. The lowest BCUT2D eigenvalue weighted by atomic mass is 10.1. The Morgan fingerprint density at radius 3 is 2.81 bits per heavy atom. The lowest BCUT2D eigenvalue weighted by molar-refractivity contribution is 0.415. The van der Waals surface area contributed by atoms with Gasteiger partial charge in [0.15, 0.2) is 0 Å². The SMILES string of the molecule is COc1ccc(NCCC2CCNC2)cc1. The van der Waals surface area contributed by atoms with Crippen molar-refractivity contribution < 1.29 is 4.74 Å². The van der Waals surface area contributed by atoms with E-state index in [2.05, 4.69) is 22.8 Å². The second-order valence-corrected chi connectivity index (χ2v) is 4.30. The van der Waals surface area contributed by atoms with E-state index in [1.807, 2.05) is 12.1 Å². The molecule has 0 saturated carbocycles. The number of hydrogen-bond acceptors (Lipinski definition) is 3. The number of hydrogen-bond donors (Lipinski definition) is 2. The minimum Gasteiger partial charge on any atom is -0.497 e. The average molecular weight is 220 g/mol. The Labute approximate surface area is 97.2 Å². The summed E-state index contributed by atoms with van der Waals surface area (Å²) in [7, 11) is 1.69. The third-order valence-corrected chi connectivity index (χ3v) is 3.13. The van der Waals surface area contributed by atoms with E-state index in [9.17, 15) is 0 Å². The predicted octanol–water partition coefficient (Wildman–Crippen LogP) is 2.11. The molecule has 88 valence electrons. The van der Waals surface area contributed by atoms with Crippen LogP contribution in [-0.2, 0) is 0 Å². The zero-order chi connectivity index (χ0) is 11.2. The highest BCUT2D eigenvalue weighted by Crippen LogP contribution is 2.16. The second kappa shape index (κ2) is 5.75. The van der Waals surface area contributed by atoms with Crippen LogP contribution >= 0.6 is 0 Å². The van der Waals surface area contributed by atoms with Crippen molar-refractivity contribution in [1.29, 1.82) is 0 Å². The second-order valence-electron chi connectivity index (χ2n) is 4.30. The highest BCUT2D eigenvalue weighted by atomic mass is 16.5. The highest BCUT2D eigenvalue weighted by Gasteiger charge is 2.13. The Morgan fingerprint density at radius 2 is 2.19 bits per heavy atom. The summed E-state index contributed by atoms with van der Waals surface area (Å²) in [4.78, 5) is 0. The zero-order valence-electron chi connectivity index (χ0n) is 9.83. The van der Waals surface area contributed by atoms with Gasteiger partial charge in [0.05, 0.1) is 7.11 Å². The number of ether oxygens (including phenoxy) is 1. The lowest BCUT2D eigenvalue weighted by Gasteiger charge is -2.10. The molecule has 1 aromatic carbocycles. The molecule has 0 aromatic heterocycles. The highest BCUT2D eigenvalue weighted by molar-refractivity contribution is 5.46. The maximum atomic E-state index is 5.12. The monoisotopic (exact) mass is 220 g/mol. The first kappa shape index (κ1) is 11.3. The van der Waals surface area contributed by atoms with Gasteiger partial charge < -0.3 is 15.4 Å². The Balaban J connectivity index is 1.71. The van der Waals surface area contributed by atoms with E-state index in [4.69, 9.17) is 4.74 Å². The molecule has 1 aliphatic rings. The molecule has 1 fully saturated rings. The predicted molar refractivity (Wildman–Crippen MR) is 67.1 cm³/mol. The summed E-state index contributed by atoms with van der Waals surface area (Å²) in [5.41, 5.74) is 1.17. The maximum Gasteiger partial charge on any atom is 0.119 e. The van der Waals surface area contributed by atoms with Crippen molar-refractivity contribution >= 4 is 5.69 Å². The normalized spacial score (nSPS) is 19.7. The Hall–Kier alpha value is -1.22. The Morgan fingerprint density at radius 1 is 1.38 bits per heavy atom. The van der Waals surface area contributed by atoms with Crippen LogP contribution in [0.15, 0.2) is 24.3 Å². The van der Waals surface area contributed by atoms with Gasteiger partial charge in [0.2, 0.25) is 0 Å². The first-order valence-electron chi connectivity index (χ1n) is 5.97. The summed E-state index contributed by atoms with van der Waals surface area (Å²) in [6.45, 7) is 3.43. The van der Waals surface area contributed by atoms with E-state index in [1.54, 1.807) is 7.11 Å². The summed E-state index contributed by atoms with van der Waals surface area (Å²) in [6.07, 6.45) is 2.57. The molecule has 1 aliphatic heterocycles. The van der Waals surface area contributed by atoms with Gasteiger partial charge in [-0.1, -0.05) is 0 Å². The zero-order valence-corrected chi connectivity index (χ0v) is 9.83. The van der Waals surface area contributed by atoms with Crippen LogP contribution in [0.2, 0.25) is 0 Å². The molecule has 1 saturated heterocycles. The number of anilines is 1. The molecule has 2 rings (SSSR count). The van der Waals surface area contributed by atoms with Gasteiger partial charge >= 0.3 is 0 Å². The van der Waals surface area contributed by atoms with Crippen molar-refractivity contribution in [2.24, 2.45) is 5.92 Å². The van der Waals surface area contributed by atoms with Crippen LogP contribution in [0, 0.1) is 5.92 Å². The van der Waals surface area contributed by atoms with Gasteiger partial charge in [-0.15, -0.1) is 0 Å². The number of benzene rings is 1. The smallest absolute Gasteiger partial charge is 0.119 e. The Kier molecular flexibility index (Phi) is 4.05. The fourth-order valence-electron chi connectivity index (χ4n) is 2.09. The Bertz CT molecular complexity index is 304. The van der Waals surface area contributed by atoms with Gasteiger partial charge in [0.25, 0.3) is 0 Å². The molecule has 3 nitrogen and oxygen atoms in total. The summed E-state index contributed by atoms with van der Waals surface area (Å²) >= 11 is 0. The van der Waals surface area contributed by atoms with Crippen LogP contribution in [0.25, 0.3) is 0 Å². The van der Waals surface area contributed by atoms with E-state index in [-0.39, 0.29) is 0 Å². The summed E-state index contributed by atoms with van der Waals surface area (Å²) < 4.78 is 5.12. The topological polar surface area (TPSA) is 33.3 Å². The van der Waals surface area contributed by atoms with Crippen molar-refractivity contribution in [1.82, 2.24) is 5.32 Å². The summed E-state index contributed by atoms with van der Waals surface area (Å²) in [5, 5.41) is 6.83. The number of rotatable bonds is 5. The molecule has 0 radical (unpaired) electrons. The molecular weight excluding hydrogens is 200 g/mol. The van der Waals surface area contributed by atoms with Gasteiger partial charge in [0, 0.05) is 12.2 Å². The van der Waals surface area contributed by atoms with E-state index in [0.717, 1.165) is 18.2 Å². The molecule has 1 unspecified atom stereocenters. The van der Waals surface area contributed by atoms with E-state index < -0.39 is 0 Å². The summed E-state index contributed by atoms with van der Waals surface area (Å²) in [6, 6.07) is 8.09. The quantitative estimate of drug-likeness (QED) is 0.797. The number of methoxy groups -OCH3 is 1. The van der Waals surface area contributed by atoms with Crippen LogP contribution < -0.4 is 15.4 Å². The molecule has 0 amide bonds. The molecule has 1 atom stereocenters. The van der Waals surface area contributed by atoms with Crippen molar-refractivity contribution in [3.05, 3.63) is 24.3 Å². The maximum absolute atomic E-state index is 5.12. The van der Waals surface area contributed by atoms with Gasteiger partial charge in [-0.25, -0.2) is 0 Å². The van der Waals surface area contributed by atoms with Gasteiger partial charge in [0.1, 0.15) is 5.75 Å². The van der Waals surface area contributed by atoms with Gasteiger partial charge in [-0.2, -0.15) is 0 Å². The van der Waals surface area contributed by atoms with Crippen molar-refractivity contribution in [2.45, 2.75) is 12.8 Å². The standard InChI is InChI=1S/C13H20N2O/c1-16-13-4-2-12(3-5-13)15-9-7-11-6-8-14-10-11/h2-5,11,14-15H,6-10H2,1H3. The van der Waals surface area contributed by atoms with Crippen LogP contribution in [0.4, 0.5) is 5.69 Å². The third-order valence-electron chi connectivity index (χ3n) is 3.13. The van der Waals surface area contributed by atoms with E-state index >= 15 is 0 Å². The molecule has 2 N–H and O–H groups in total. The number of nitrogens with one attached hydrogen (secondary N) is 2. The third kappa shape index (κ3) is 3.14. The van der Waals surface area contributed by atoms with Crippen molar-refractivity contribution in [3.63, 3.8) is 0 Å². The minimum atomic E-state index is 0.853. The van der Waals surface area contributed by atoms with Gasteiger partial charge in [-0.05, 0) is 56.1 Å². The average Bonchev–Trinajstić information content (AvgIpc) is 2.83. The minimum absolute atomic E-state index is 0.853. The fraction of sp³-hybridized carbons (Fsp3) is 0.538. The molecule has 3 heteroatoms. The molecule has 16 heavy (non-hydrogen) atoms. The van der Waals surface area contributed by atoms with Crippen molar-refractivity contribution in [3.8, 4) is 5.75 Å².